The van der Waals surface area contributed by atoms with Crippen LogP contribution in [0, 0.1) is 5.82 Å². The van der Waals surface area contributed by atoms with Gasteiger partial charge in [0.05, 0.1) is 0 Å². The lowest BCUT2D eigenvalue weighted by Gasteiger charge is -2.20. The molecular weight excluding hydrogens is 263 g/mol. The van der Waals surface area contributed by atoms with Gasteiger partial charge in [-0.15, -0.1) is 0 Å². The highest BCUT2D eigenvalue weighted by Gasteiger charge is 2.27. The van der Waals surface area contributed by atoms with Crippen LogP contribution in [0.4, 0.5) is 4.39 Å². The fourth-order valence-corrected chi connectivity index (χ4v) is 1.83. The van der Waals surface area contributed by atoms with Gasteiger partial charge in [-0.2, -0.15) is 0 Å². The smallest absolute Gasteiger partial charge is 0.249 e. The van der Waals surface area contributed by atoms with Crippen molar-refractivity contribution in [3.05, 3.63) is 41.7 Å². The third-order valence-corrected chi connectivity index (χ3v) is 2.83. The molecule has 0 bridgehead atoms. The molecule has 0 aromatic heterocycles. The van der Waals surface area contributed by atoms with E-state index in [1.807, 2.05) is 0 Å². The number of rotatable bonds is 3. The second-order valence-electron chi connectivity index (χ2n) is 4.40. The van der Waals surface area contributed by atoms with E-state index in [9.17, 15) is 18.8 Å². The number of halogens is 1. The van der Waals surface area contributed by atoms with Crippen LogP contribution in [-0.2, 0) is 14.4 Å². The van der Waals surface area contributed by atoms with E-state index in [-0.39, 0.29) is 18.7 Å². The van der Waals surface area contributed by atoms with Crippen molar-refractivity contribution in [2.24, 2.45) is 0 Å². The van der Waals surface area contributed by atoms with Gasteiger partial charge in [-0.3, -0.25) is 19.7 Å². The zero-order valence-corrected chi connectivity index (χ0v) is 10.6. The zero-order chi connectivity index (χ0) is 14.5. The molecule has 1 atom stereocenters. The summed E-state index contributed by atoms with van der Waals surface area (Å²) in [6.07, 6.45) is 3.15. The Kier molecular flexibility index (Phi) is 4.24. The fraction of sp³-hybridized carbons (Fsp3) is 0.214. The Labute approximate surface area is 114 Å². The van der Waals surface area contributed by atoms with Crippen molar-refractivity contribution < 1.29 is 18.8 Å². The number of benzene rings is 1. The van der Waals surface area contributed by atoms with E-state index in [0.717, 1.165) is 0 Å². The molecule has 1 aromatic rings. The van der Waals surface area contributed by atoms with Gasteiger partial charge in [0.15, 0.2) is 0 Å². The van der Waals surface area contributed by atoms with Crippen LogP contribution < -0.4 is 10.6 Å². The largest absolute Gasteiger partial charge is 0.341 e. The molecular formula is C14H13FN2O3. The Morgan fingerprint density at radius 3 is 2.90 bits per heavy atom. The zero-order valence-electron chi connectivity index (χ0n) is 10.6. The number of hydrogen-bond acceptors (Lipinski definition) is 3. The average Bonchev–Trinajstić information content (AvgIpc) is 2.40. The van der Waals surface area contributed by atoms with Crippen LogP contribution in [0.1, 0.15) is 18.4 Å². The van der Waals surface area contributed by atoms with E-state index in [1.54, 1.807) is 6.07 Å². The Hall–Kier alpha value is -2.50. The topological polar surface area (TPSA) is 75.3 Å². The number of piperidine rings is 1. The van der Waals surface area contributed by atoms with Crippen LogP contribution in [-0.4, -0.2) is 23.8 Å². The van der Waals surface area contributed by atoms with Gasteiger partial charge in [-0.05, 0) is 30.2 Å². The second kappa shape index (κ2) is 6.10. The Morgan fingerprint density at radius 2 is 2.20 bits per heavy atom. The Bertz CT molecular complexity index is 584. The number of imide groups is 1. The summed E-state index contributed by atoms with van der Waals surface area (Å²) >= 11 is 0. The van der Waals surface area contributed by atoms with Crippen molar-refractivity contribution in [2.45, 2.75) is 18.9 Å². The molecule has 2 rings (SSSR count). The maximum absolute atomic E-state index is 12.9. The van der Waals surface area contributed by atoms with Crippen molar-refractivity contribution in [1.29, 1.82) is 0 Å². The maximum atomic E-state index is 12.9. The molecule has 6 heteroatoms. The molecule has 1 aromatic carbocycles. The standard InChI is InChI=1S/C14H13FN2O3/c15-10-3-1-2-9(8-10)4-6-12(18)16-11-5-7-13(19)17-14(11)20/h1-4,6,8,11H,5,7H2,(H,16,18)(H,17,19,20). The van der Waals surface area contributed by atoms with Gasteiger partial charge in [0.1, 0.15) is 11.9 Å². The summed E-state index contributed by atoms with van der Waals surface area (Å²) in [5, 5.41) is 4.64. The third-order valence-electron chi connectivity index (χ3n) is 2.83. The first kappa shape index (κ1) is 13.9. The van der Waals surface area contributed by atoms with E-state index < -0.39 is 23.7 Å². The molecule has 0 radical (unpaired) electrons. The van der Waals surface area contributed by atoms with Crippen LogP contribution >= 0.6 is 0 Å². The summed E-state index contributed by atoms with van der Waals surface area (Å²) in [4.78, 5) is 34.0. The minimum Gasteiger partial charge on any atom is -0.341 e. The summed E-state index contributed by atoms with van der Waals surface area (Å²) in [6, 6.07) is 5.07. The van der Waals surface area contributed by atoms with Crippen molar-refractivity contribution in [1.82, 2.24) is 10.6 Å². The molecule has 1 aliphatic rings. The Morgan fingerprint density at radius 1 is 1.40 bits per heavy atom. The predicted octanol–water partition coefficient (Wildman–Crippen LogP) is 0.760. The summed E-state index contributed by atoms with van der Waals surface area (Å²) < 4.78 is 12.9. The molecule has 1 unspecified atom stereocenters. The quantitative estimate of drug-likeness (QED) is 0.632. The average molecular weight is 276 g/mol. The highest BCUT2D eigenvalue weighted by molar-refractivity contribution is 6.03. The molecule has 3 amide bonds. The lowest BCUT2D eigenvalue weighted by atomic mass is 10.1. The fourth-order valence-electron chi connectivity index (χ4n) is 1.83. The van der Waals surface area contributed by atoms with Gasteiger partial charge in [0.25, 0.3) is 0 Å². The summed E-state index contributed by atoms with van der Waals surface area (Å²) in [5.41, 5.74) is 0.545. The van der Waals surface area contributed by atoms with Gasteiger partial charge < -0.3 is 5.32 Å². The number of carbonyl (C=O) groups excluding carboxylic acids is 3. The van der Waals surface area contributed by atoms with E-state index >= 15 is 0 Å². The lowest BCUT2D eigenvalue weighted by Crippen LogP contribution is -2.51. The minimum atomic E-state index is -0.711. The molecule has 0 aliphatic carbocycles. The highest BCUT2D eigenvalue weighted by Crippen LogP contribution is 2.06. The van der Waals surface area contributed by atoms with Crippen molar-refractivity contribution in [2.75, 3.05) is 0 Å². The van der Waals surface area contributed by atoms with Crippen LogP contribution in [0.5, 0.6) is 0 Å². The maximum Gasteiger partial charge on any atom is 0.249 e. The molecule has 1 aliphatic heterocycles. The van der Waals surface area contributed by atoms with Crippen LogP contribution in [0.3, 0.4) is 0 Å². The molecule has 5 nitrogen and oxygen atoms in total. The molecule has 2 N–H and O–H groups in total. The summed E-state index contributed by atoms with van der Waals surface area (Å²) in [7, 11) is 0. The van der Waals surface area contributed by atoms with Gasteiger partial charge in [0.2, 0.25) is 17.7 Å². The van der Waals surface area contributed by atoms with Crippen LogP contribution in [0.15, 0.2) is 30.3 Å². The first-order chi connectivity index (χ1) is 9.54. The molecule has 0 saturated carbocycles. The van der Waals surface area contributed by atoms with E-state index in [0.29, 0.717) is 5.56 Å². The lowest BCUT2D eigenvalue weighted by molar-refractivity contribution is -0.136. The van der Waals surface area contributed by atoms with E-state index in [2.05, 4.69) is 10.6 Å². The minimum absolute atomic E-state index is 0.199. The van der Waals surface area contributed by atoms with Crippen LogP contribution in [0.2, 0.25) is 0 Å². The van der Waals surface area contributed by atoms with Crippen molar-refractivity contribution in [3.8, 4) is 0 Å². The third kappa shape index (κ3) is 3.74. The molecule has 1 fully saturated rings. The number of nitrogens with one attached hydrogen (secondary N) is 2. The van der Waals surface area contributed by atoms with Gasteiger partial charge in [-0.25, -0.2) is 4.39 Å². The summed E-state index contributed by atoms with van der Waals surface area (Å²) in [5.74, 6) is -1.70. The molecule has 20 heavy (non-hydrogen) atoms. The molecule has 1 heterocycles. The van der Waals surface area contributed by atoms with Crippen molar-refractivity contribution >= 4 is 23.8 Å². The van der Waals surface area contributed by atoms with E-state index in [1.165, 1.54) is 30.4 Å². The molecule has 0 spiro atoms. The first-order valence-electron chi connectivity index (χ1n) is 6.12. The van der Waals surface area contributed by atoms with Gasteiger partial charge >= 0.3 is 0 Å². The SMILES string of the molecule is O=C(C=Cc1cccc(F)c1)NC1CCC(=O)NC1=O. The number of carbonyl (C=O) groups is 3. The normalized spacial score (nSPS) is 18.9. The van der Waals surface area contributed by atoms with Gasteiger partial charge in [0, 0.05) is 12.5 Å². The molecule has 1 saturated heterocycles. The summed E-state index contributed by atoms with van der Waals surface area (Å²) in [6.45, 7) is 0. The highest BCUT2D eigenvalue weighted by atomic mass is 19.1. The van der Waals surface area contributed by atoms with Crippen LogP contribution in [0.25, 0.3) is 6.08 Å². The number of amides is 3. The van der Waals surface area contributed by atoms with Gasteiger partial charge in [-0.1, -0.05) is 12.1 Å². The predicted molar refractivity (Wildman–Crippen MR) is 69.7 cm³/mol. The number of hydrogen-bond donors (Lipinski definition) is 2. The first-order valence-corrected chi connectivity index (χ1v) is 6.12. The van der Waals surface area contributed by atoms with E-state index in [4.69, 9.17) is 0 Å². The monoisotopic (exact) mass is 276 g/mol. The Balaban J connectivity index is 1.92. The molecule has 104 valence electrons. The van der Waals surface area contributed by atoms with Crippen molar-refractivity contribution in [3.63, 3.8) is 0 Å². The second-order valence-corrected chi connectivity index (χ2v) is 4.40.